The average molecular weight is 396 g/mol. The van der Waals surface area contributed by atoms with Gasteiger partial charge in [0.1, 0.15) is 6.54 Å². The lowest BCUT2D eigenvalue weighted by Crippen LogP contribution is -2.37. The molecule has 8 nitrogen and oxygen atoms in total. The van der Waals surface area contributed by atoms with E-state index in [9.17, 15) is 24.0 Å². The summed E-state index contributed by atoms with van der Waals surface area (Å²) >= 11 is 0. The fourth-order valence-electron chi connectivity index (χ4n) is 4.07. The van der Waals surface area contributed by atoms with Crippen molar-refractivity contribution in [1.82, 2.24) is 4.90 Å². The van der Waals surface area contributed by atoms with E-state index in [1.165, 1.54) is 4.90 Å². The summed E-state index contributed by atoms with van der Waals surface area (Å²) in [4.78, 5) is 63.4. The van der Waals surface area contributed by atoms with E-state index in [2.05, 4.69) is 0 Å². The highest BCUT2D eigenvalue weighted by molar-refractivity contribution is 6.07. The first kappa shape index (κ1) is 19.0. The Bertz CT molecular complexity index is 940. The summed E-state index contributed by atoms with van der Waals surface area (Å²) in [6.07, 6.45) is 4.96. The summed E-state index contributed by atoms with van der Waals surface area (Å²) in [5, 5.41) is 0. The van der Waals surface area contributed by atoms with Crippen LogP contribution in [0.3, 0.4) is 0 Å². The monoisotopic (exact) mass is 396 g/mol. The van der Waals surface area contributed by atoms with Gasteiger partial charge in [0.25, 0.3) is 0 Å². The van der Waals surface area contributed by atoms with Gasteiger partial charge in [0.05, 0.1) is 18.3 Å². The van der Waals surface area contributed by atoms with Gasteiger partial charge in [-0.1, -0.05) is 12.2 Å². The summed E-state index contributed by atoms with van der Waals surface area (Å²) < 4.78 is 5.00. The molecule has 1 aromatic rings. The average Bonchev–Trinajstić information content (AvgIpc) is 3.14. The summed E-state index contributed by atoms with van der Waals surface area (Å²) in [5.41, 5.74) is 1.84. The number of amides is 3. The van der Waals surface area contributed by atoms with Gasteiger partial charge in [0, 0.05) is 18.3 Å². The van der Waals surface area contributed by atoms with Gasteiger partial charge >= 0.3 is 5.97 Å². The van der Waals surface area contributed by atoms with E-state index in [1.54, 1.807) is 25.2 Å². The molecule has 0 bridgehead atoms. The van der Waals surface area contributed by atoms with Gasteiger partial charge in [0.2, 0.25) is 17.7 Å². The minimum atomic E-state index is -0.803. The molecular weight excluding hydrogens is 376 g/mol. The molecule has 0 radical (unpaired) electrons. The van der Waals surface area contributed by atoms with Crippen molar-refractivity contribution in [3.63, 3.8) is 0 Å². The number of hydrogen-bond donors (Lipinski definition) is 0. The zero-order chi connectivity index (χ0) is 20.7. The van der Waals surface area contributed by atoms with E-state index in [1.807, 2.05) is 12.2 Å². The van der Waals surface area contributed by atoms with Crippen LogP contribution in [0.15, 0.2) is 30.4 Å². The number of rotatable bonds is 5. The zero-order valence-corrected chi connectivity index (χ0v) is 15.9. The number of allylic oxidation sites excluding steroid dienone is 2. The number of Topliss-reactive ketones (excluding diaryl/α,β-unsaturated/α-hetero) is 1. The van der Waals surface area contributed by atoms with Crippen molar-refractivity contribution < 1.29 is 28.7 Å². The number of carbonyl (C=O) groups excluding carboxylic acids is 5. The minimum Gasteiger partial charge on any atom is -0.456 e. The Hall–Kier alpha value is -3.29. The molecule has 1 aliphatic carbocycles. The SMILES string of the molecule is CN1C(=O)Cc2cc(C(=O)COC(=O)CN3C(=O)[C@H]4CC=CC[C@H]4C3=O)ccc21. The molecule has 3 amide bonds. The number of ketones is 1. The van der Waals surface area contributed by atoms with E-state index in [4.69, 9.17) is 4.74 Å². The zero-order valence-electron chi connectivity index (χ0n) is 15.9. The van der Waals surface area contributed by atoms with Crippen LogP contribution in [0.1, 0.15) is 28.8 Å². The van der Waals surface area contributed by atoms with E-state index in [0.29, 0.717) is 18.4 Å². The Balaban J connectivity index is 1.34. The molecule has 1 saturated heterocycles. The molecule has 1 fully saturated rings. The first-order valence-electron chi connectivity index (χ1n) is 9.45. The standard InChI is InChI=1S/C21H20N2O6/c1-22-16-7-6-12(8-13(16)9-18(22)25)17(24)11-29-19(26)10-23-20(27)14-4-2-3-5-15(14)21(23)28/h2-3,6-8,14-15H,4-5,9-11H2,1H3/t14-,15+. The van der Waals surface area contributed by atoms with Gasteiger partial charge in [-0.05, 0) is 36.6 Å². The van der Waals surface area contributed by atoms with Crippen LogP contribution >= 0.6 is 0 Å². The lowest BCUT2D eigenvalue weighted by Gasteiger charge is -2.14. The summed E-state index contributed by atoms with van der Waals surface area (Å²) in [6, 6.07) is 4.89. The van der Waals surface area contributed by atoms with Crippen molar-refractivity contribution in [1.29, 1.82) is 0 Å². The van der Waals surface area contributed by atoms with E-state index in [0.717, 1.165) is 16.2 Å². The Kier molecular flexibility index (Phi) is 4.77. The molecule has 150 valence electrons. The van der Waals surface area contributed by atoms with Crippen LogP contribution in [0, 0.1) is 11.8 Å². The predicted molar refractivity (Wildman–Crippen MR) is 101 cm³/mol. The molecule has 2 heterocycles. The molecule has 8 heteroatoms. The number of nitrogens with zero attached hydrogens (tertiary/aromatic N) is 2. The second kappa shape index (κ2) is 7.27. The van der Waals surface area contributed by atoms with Crippen LogP contribution in [-0.4, -0.2) is 54.6 Å². The highest BCUT2D eigenvalue weighted by Crippen LogP contribution is 2.35. The lowest BCUT2D eigenvalue weighted by molar-refractivity contribution is -0.152. The van der Waals surface area contributed by atoms with E-state index >= 15 is 0 Å². The van der Waals surface area contributed by atoms with Crippen LogP contribution in [0.2, 0.25) is 0 Å². The summed E-state index contributed by atoms with van der Waals surface area (Å²) in [7, 11) is 1.67. The smallest absolute Gasteiger partial charge is 0.326 e. The van der Waals surface area contributed by atoms with Crippen molar-refractivity contribution >= 4 is 35.2 Å². The molecule has 2 atom stereocenters. The van der Waals surface area contributed by atoms with Gasteiger partial charge in [-0.15, -0.1) is 0 Å². The second-order valence-corrected chi connectivity index (χ2v) is 7.48. The Morgan fingerprint density at radius 1 is 1.07 bits per heavy atom. The first-order chi connectivity index (χ1) is 13.9. The Morgan fingerprint density at radius 2 is 1.72 bits per heavy atom. The fraction of sp³-hybridized carbons (Fsp3) is 0.381. The maximum atomic E-state index is 12.4. The van der Waals surface area contributed by atoms with Crippen molar-refractivity contribution in [3.8, 4) is 0 Å². The largest absolute Gasteiger partial charge is 0.456 e. The molecule has 4 rings (SSSR count). The van der Waals surface area contributed by atoms with Crippen molar-refractivity contribution in [2.75, 3.05) is 25.1 Å². The van der Waals surface area contributed by atoms with Crippen molar-refractivity contribution in [2.24, 2.45) is 11.8 Å². The number of esters is 1. The van der Waals surface area contributed by atoms with Crippen LogP contribution in [-0.2, 0) is 30.3 Å². The third-order valence-electron chi connectivity index (χ3n) is 5.73. The Labute approximate surface area is 167 Å². The molecular formula is C21H20N2O6. The molecule has 0 spiro atoms. The molecule has 1 aromatic carbocycles. The van der Waals surface area contributed by atoms with Gasteiger partial charge in [-0.2, -0.15) is 0 Å². The quantitative estimate of drug-likeness (QED) is 0.317. The van der Waals surface area contributed by atoms with Crippen LogP contribution < -0.4 is 4.90 Å². The molecule has 0 N–H and O–H groups in total. The first-order valence-corrected chi connectivity index (χ1v) is 9.45. The van der Waals surface area contributed by atoms with Gasteiger partial charge in [-0.25, -0.2) is 0 Å². The molecule has 3 aliphatic rings. The number of ether oxygens (including phenoxy) is 1. The third kappa shape index (κ3) is 3.35. The van der Waals surface area contributed by atoms with Crippen LogP contribution in [0.5, 0.6) is 0 Å². The number of anilines is 1. The highest BCUT2D eigenvalue weighted by Gasteiger charge is 2.47. The number of carbonyl (C=O) groups is 5. The number of imide groups is 1. The number of likely N-dealkylation sites (tertiary alicyclic amines) is 1. The molecule has 0 saturated carbocycles. The lowest BCUT2D eigenvalue weighted by atomic mass is 9.85. The van der Waals surface area contributed by atoms with Gasteiger partial charge < -0.3 is 9.64 Å². The summed E-state index contributed by atoms with van der Waals surface area (Å²) in [6.45, 7) is -0.979. The summed E-state index contributed by atoms with van der Waals surface area (Å²) in [5.74, 6) is -2.81. The van der Waals surface area contributed by atoms with Crippen molar-refractivity contribution in [2.45, 2.75) is 19.3 Å². The minimum absolute atomic E-state index is 0.0493. The highest BCUT2D eigenvalue weighted by atomic mass is 16.5. The number of benzene rings is 1. The maximum Gasteiger partial charge on any atom is 0.326 e. The fourth-order valence-corrected chi connectivity index (χ4v) is 4.07. The van der Waals surface area contributed by atoms with E-state index < -0.39 is 36.7 Å². The van der Waals surface area contributed by atoms with Crippen LogP contribution in [0.25, 0.3) is 0 Å². The molecule has 2 aliphatic heterocycles. The van der Waals surface area contributed by atoms with E-state index in [-0.39, 0.29) is 24.1 Å². The number of fused-ring (bicyclic) bond motifs is 2. The second-order valence-electron chi connectivity index (χ2n) is 7.48. The molecule has 0 unspecified atom stereocenters. The number of hydrogen-bond acceptors (Lipinski definition) is 6. The molecule has 0 aromatic heterocycles. The van der Waals surface area contributed by atoms with Gasteiger partial charge in [0.15, 0.2) is 12.4 Å². The normalized spacial score (nSPS) is 22.7. The predicted octanol–water partition coefficient (Wildman–Crippen LogP) is 0.883. The van der Waals surface area contributed by atoms with Crippen molar-refractivity contribution in [3.05, 3.63) is 41.5 Å². The molecule has 29 heavy (non-hydrogen) atoms. The number of likely N-dealkylation sites (N-methyl/N-ethyl adjacent to an activating group) is 1. The maximum absolute atomic E-state index is 12.4. The van der Waals surface area contributed by atoms with Gasteiger partial charge in [-0.3, -0.25) is 28.9 Å². The Morgan fingerprint density at radius 3 is 2.38 bits per heavy atom. The third-order valence-corrected chi connectivity index (χ3v) is 5.73. The topological polar surface area (TPSA) is 101 Å². The van der Waals surface area contributed by atoms with Crippen LogP contribution in [0.4, 0.5) is 5.69 Å².